The summed E-state index contributed by atoms with van der Waals surface area (Å²) >= 11 is 0. The lowest BCUT2D eigenvalue weighted by Crippen LogP contribution is -2.11. The van der Waals surface area contributed by atoms with E-state index in [1.165, 1.54) is 24.3 Å². The fourth-order valence-corrected chi connectivity index (χ4v) is 1.74. The number of nitro groups is 1. The van der Waals surface area contributed by atoms with Gasteiger partial charge in [-0.15, -0.1) is 0 Å². The molecule has 0 aliphatic rings. The standard InChI is InChI=1S/C15H10F3N3O4/c16-15(17,18)11-4-6-12(7-5-11)20-14(22)25-19-9-10-2-1-3-13(8-10)21(23)24/h1-9H,(H,20,22)/b19-9+. The first-order chi connectivity index (χ1) is 11.8. The number of non-ortho nitro benzene ring substituents is 1. The number of amides is 1. The number of anilines is 1. The minimum absolute atomic E-state index is 0.0866. The number of nitrogens with one attached hydrogen (secondary N) is 1. The third kappa shape index (κ3) is 5.30. The van der Waals surface area contributed by atoms with Gasteiger partial charge >= 0.3 is 12.3 Å². The first kappa shape index (κ1) is 17.9. The molecule has 2 aromatic rings. The Kier molecular flexibility index (Phi) is 5.32. The van der Waals surface area contributed by atoms with Crippen LogP contribution in [0.2, 0.25) is 0 Å². The summed E-state index contributed by atoms with van der Waals surface area (Å²) in [6.45, 7) is 0. The van der Waals surface area contributed by atoms with Gasteiger partial charge in [0.1, 0.15) is 0 Å². The minimum Gasteiger partial charge on any atom is -0.298 e. The second kappa shape index (κ2) is 7.43. The average Bonchev–Trinajstić information content (AvgIpc) is 2.54. The van der Waals surface area contributed by atoms with Crippen molar-refractivity contribution < 1.29 is 27.7 Å². The van der Waals surface area contributed by atoms with Gasteiger partial charge in [-0.2, -0.15) is 13.2 Å². The average molecular weight is 353 g/mol. The van der Waals surface area contributed by atoms with E-state index < -0.39 is 22.8 Å². The Morgan fingerprint density at radius 3 is 2.48 bits per heavy atom. The molecular weight excluding hydrogens is 343 g/mol. The fraction of sp³-hybridized carbons (Fsp3) is 0.0667. The van der Waals surface area contributed by atoms with E-state index in [1.54, 1.807) is 0 Å². The molecule has 0 atom stereocenters. The lowest BCUT2D eigenvalue weighted by Gasteiger charge is -2.07. The van der Waals surface area contributed by atoms with Crippen LogP contribution in [0.4, 0.5) is 29.3 Å². The molecule has 0 aliphatic heterocycles. The topological polar surface area (TPSA) is 93.8 Å². The molecule has 0 radical (unpaired) electrons. The number of hydrogen-bond donors (Lipinski definition) is 1. The highest BCUT2D eigenvalue weighted by molar-refractivity contribution is 5.86. The minimum atomic E-state index is -4.47. The largest absolute Gasteiger partial charge is 0.437 e. The van der Waals surface area contributed by atoms with E-state index in [0.717, 1.165) is 30.5 Å². The van der Waals surface area contributed by atoms with Gasteiger partial charge in [0.15, 0.2) is 0 Å². The number of alkyl halides is 3. The molecule has 0 heterocycles. The number of nitrogens with zero attached hydrogens (tertiary/aromatic N) is 2. The third-order valence-corrected chi connectivity index (χ3v) is 2.88. The zero-order valence-electron chi connectivity index (χ0n) is 12.4. The van der Waals surface area contributed by atoms with Crippen LogP contribution in [-0.4, -0.2) is 17.2 Å². The van der Waals surface area contributed by atoms with E-state index in [-0.39, 0.29) is 11.4 Å². The summed E-state index contributed by atoms with van der Waals surface area (Å²) in [5, 5.41) is 16.2. The number of hydrogen-bond acceptors (Lipinski definition) is 5. The molecule has 7 nitrogen and oxygen atoms in total. The second-order valence-electron chi connectivity index (χ2n) is 4.67. The van der Waals surface area contributed by atoms with Crippen molar-refractivity contribution in [3.63, 3.8) is 0 Å². The van der Waals surface area contributed by atoms with E-state index >= 15 is 0 Å². The first-order valence-corrected chi connectivity index (χ1v) is 6.69. The van der Waals surface area contributed by atoms with Gasteiger partial charge in [0, 0.05) is 23.4 Å². The van der Waals surface area contributed by atoms with Crippen molar-refractivity contribution in [1.82, 2.24) is 0 Å². The lowest BCUT2D eigenvalue weighted by atomic mass is 10.2. The number of nitro benzene ring substituents is 1. The number of benzene rings is 2. The summed E-state index contributed by atoms with van der Waals surface area (Å²) in [7, 11) is 0. The van der Waals surface area contributed by atoms with Gasteiger partial charge in [-0.3, -0.25) is 20.3 Å². The van der Waals surface area contributed by atoms with Crippen LogP contribution in [0.15, 0.2) is 53.7 Å². The molecule has 0 unspecified atom stereocenters. The molecule has 0 fully saturated rings. The van der Waals surface area contributed by atoms with Crippen molar-refractivity contribution in [3.05, 3.63) is 69.8 Å². The number of oxime groups is 1. The SMILES string of the molecule is O=C(Nc1ccc(C(F)(F)F)cc1)O/N=C/c1cccc([N+](=O)[O-])c1. The van der Waals surface area contributed by atoms with Crippen LogP contribution in [0.5, 0.6) is 0 Å². The molecule has 0 spiro atoms. The molecule has 1 N–H and O–H groups in total. The van der Waals surface area contributed by atoms with Crippen LogP contribution in [0.25, 0.3) is 0 Å². The second-order valence-corrected chi connectivity index (χ2v) is 4.67. The van der Waals surface area contributed by atoms with Crippen LogP contribution in [0.3, 0.4) is 0 Å². The third-order valence-electron chi connectivity index (χ3n) is 2.88. The van der Waals surface area contributed by atoms with E-state index in [2.05, 4.69) is 15.3 Å². The van der Waals surface area contributed by atoms with E-state index in [1.807, 2.05) is 0 Å². The van der Waals surface area contributed by atoms with Gasteiger partial charge < -0.3 is 0 Å². The molecule has 0 bridgehead atoms. The summed E-state index contributed by atoms with van der Waals surface area (Å²) < 4.78 is 37.2. The fourth-order valence-electron chi connectivity index (χ4n) is 1.74. The van der Waals surface area contributed by atoms with Gasteiger partial charge in [-0.1, -0.05) is 17.3 Å². The number of carbonyl (C=O) groups excluding carboxylic acids is 1. The Morgan fingerprint density at radius 2 is 1.88 bits per heavy atom. The monoisotopic (exact) mass is 353 g/mol. The molecular formula is C15H10F3N3O4. The highest BCUT2D eigenvalue weighted by Gasteiger charge is 2.29. The summed E-state index contributed by atoms with van der Waals surface area (Å²) in [6, 6.07) is 9.19. The van der Waals surface area contributed by atoms with Crippen molar-refractivity contribution in [2.24, 2.45) is 5.16 Å². The quantitative estimate of drug-likeness (QED) is 0.386. The van der Waals surface area contributed by atoms with Crippen LogP contribution in [0.1, 0.15) is 11.1 Å². The number of halogens is 3. The van der Waals surface area contributed by atoms with Crippen molar-refractivity contribution in [3.8, 4) is 0 Å². The van der Waals surface area contributed by atoms with Crippen molar-refractivity contribution >= 4 is 23.7 Å². The zero-order chi connectivity index (χ0) is 18.4. The van der Waals surface area contributed by atoms with Crippen LogP contribution in [0, 0.1) is 10.1 Å². The van der Waals surface area contributed by atoms with Crippen molar-refractivity contribution in [2.45, 2.75) is 6.18 Å². The maximum atomic E-state index is 12.4. The molecule has 0 saturated heterocycles. The van der Waals surface area contributed by atoms with Gasteiger partial charge in [-0.25, -0.2) is 4.79 Å². The molecule has 0 aliphatic carbocycles. The summed E-state index contributed by atoms with van der Waals surface area (Å²) in [6.07, 6.45) is -4.41. The summed E-state index contributed by atoms with van der Waals surface area (Å²) in [5.41, 5.74) is -0.589. The van der Waals surface area contributed by atoms with Crippen molar-refractivity contribution in [1.29, 1.82) is 0 Å². The summed E-state index contributed by atoms with van der Waals surface area (Å²) in [5.74, 6) is 0. The number of carbonyl (C=O) groups is 1. The van der Waals surface area contributed by atoms with Crippen molar-refractivity contribution in [2.75, 3.05) is 5.32 Å². The highest BCUT2D eigenvalue weighted by atomic mass is 19.4. The van der Waals surface area contributed by atoms with E-state index in [0.29, 0.717) is 5.56 Å². The molecule has 2 rings (SSSR count). The summed E-state index contributed by atoms with van der Waals surface area (Å²) in [4.78, 5) is 26.0. The van der Waals surface area contributed by atoms with Crippen LogP contribution < -0.4 is 5.32 Å². The maximum Gasteiger partial charge on any atom is 0.437 e. The molecule has 130 valence electrons. The Bertz CT molecular complexity index is 804. The van der Waals surface area contributed by atoms with Gasteiger partial charge in [-0.05, 0) is 24.3 Å². The van der Waals surface area contributed by atoms with Gasteiger partial charge in [0.05, 0.1) is 16.7 Å². The van der Waals surface area contributed by atoms with Crippen LogP contribution in [-0.2, 0) is 11.0 Å². The Balaban J connectivity index is 1.92. The Morgan fingerprint density at radius 1 is 1.20 bits per heavy atom. The lowest BCUT2D eigenvalue weighted by molar-refractivity contribution is -0.384. The molecule has 1 amide bonds. The molecule has 2 aromatic carbocycles. The molecule has 25 heavy (non-hydrogen) atoms. The van der Waals surface area contributed by atoms with E-state index in [4.69, 9.17) is 0 Å². The first-order valence-electron chi connectivity index (χ1n) is 6.69. The molecule has 0 saturated carbocycles. The normalized spacial score (nSPS) is 11.3. The predicted molar refractivity (Wildman–Crippen MR) is 82.2 cm³/mol. The predicted octanol–water partition coefficient (Wildman–Crippen LogP) is 4.20. The molecule has 10 heteroatoms. The van der Waals surface area contributed by atoms with E-state index in [9.17, 15) is 28.1 Å². The highest BCUT2D eigenvalue weighted by Crippen LogP contribution is 2.29. The Hall–Kier alpha value is -3.43. The van der Waals surface area contributed by atoms with Gasteiger partial charge in [0.25, 0.3) is 5.69 Å². The smallest absolute Gasteiger partial charge is 0.298 e. The Labute approximate surface area is 138 Å². The molecule has 0 aromatic heterocycles. The van der Waals surface area contributed by atoms with Gasteiger partial charge in [0.2, 0.25) is 0 Å². The number of rotatable bonds is 4. The zero-order valence-corrected chi connectivity index (χ0v) is 12.4. The maximum absolute atomic E-state index is 12.4. The van der Waals surface area contributed by atoms with Crippen LogP contribution >= 0.6 is 0 Å².